The molecule has 1 aromatic rings. The summed E-state index contributed by atoms with van der Waals surface area (Å²) in [6, 6.07) is 3.46. The van der Waals surface area contributed by atoms with Gasteiger partial charge in [0.25, 0.3) is 0 Å². The van der Waals surface area contributed by atoms with Gasteiger partial charge in [-0.1, -0.05) is 0 Å². The highest BCUT2D eigenvalue weighted by molar-refractivity contribution is 5.82. The van der Waals surface area contributed by atoms with E-state index in [2.05, 4.69) is 20.1 Å². The molecule has 2 fully saturated rings. The third kappa shape index (κ3) is 5.30. The van der Waals surface area contributed by atoms with Crippen LogP contribution in [0, 0.1) is 0 Å². The summed E-state index contributed by atoms with van der Waals surface area (Å²) < 4.78 is 5.35. The number of carbonyl (C=O) groups is 1. The van der Waals surface area contributed by atoms with Crippen LogP contribution in [0.15, 0.2) is 27.8 Å². The maximum atomic E-state index is 12.7. The van der Waals surface area contributed by atoms with Crippen molar-refractivity contribution in [1.29, 1.82) is 0 Å². The maximum absolute atomic E-state index is 12.7. The molecule has 2 saturated heterocycles. The molecule has 0 saturated carbocycles. The van der Waals surface area contributed by atoms with Crippen molar-refractivity contribution >= 4 is 11.9 Å². The predicted octanol–water partition coefficient (Wildman–Crippen LogP) is 1.08. The van der Waals surface area contributed by atoms with Crippen LogP contribution in [0.4, 0.5) is 0 Å². The number of furan rings is 1. The van der Waals surface area contributed by atoms with Crippen molar-refractivity contribution in [1.82, 2.24) is 20.0 Å². The average Bonchev–Trinajstić information content (AvgIpc) is 3.44. The smallest absolute Gasteiger partial charge is 0.239 e. The van der Waals surface area contributed by atoms with E-state index in [9.17, 15) is 9.90 Å². The summed E-state index contributed by atoms with van der Waals surface area (Å²) in [5.74, 6) is 1.56. The molecule has 2 aliphatic heterocycles. The van der Waals surface area contributed by atoms with E-state index >= 15 is 0 Å². The van der Waals surface area contributed by atoms with Gasteiger partial charge in [-0.3, -0.25) is 9.69 Å². The average molecular weight is 406 g/mol. The quantitative estimate of drug-likeness (QED) is 0.544. The molecule has 2 unspecified atom stereocenters. The number of hydrogen-bond donors (Lipinski definition) is 2. The number of carbonyl (C=O) groups excluding carboxylic acids is 1. The monoisotopic (exact) mass is 405 g/mol. The van der Waals surface area contributed by atoms with Crippen LogP contribution in [0.1, 0.15) is 39.4 Å². The molecule has 0 aliphatic carbocycles. The number of guanidine groups is 1. The van der Waals surface area contributed by atoms with Gasteiger partial charge in [-0.2, -0.15) is 0 Å². The van der Waals surface area contributed by atoms with Crippen molar-refractivity contribution in [3.8, 4) is 0 Å². The standard InChI is InChI=1S/C21H35N5O3/c1-4-22-20(23-16-21(3,28)18-8-7-15-29-18)26-13-11-24(12-14-26)17(2)19(27)25-9-5-6-10-25/h7-8,15,17,28H,4-6,9-14,16H2,1-3H3,(H,22,23). The van der Waals surface area contributed by atoms with Gasteiger partial charge in [0.05, 0.1) is 18.8 Å². The molecule has 2 aliphatic rings. The largest absolute Gasteiger partial charge is 0.466 e. The Kier molecular flexibility index (Phi) is 7.18. The molecule has 162 valence electrons. The Balaban J connectivity index is 1.57. The summed E-state index contributed by atoms with van der Waals surface area (Å²) in [5.41, 5.74) is -1.15. The third-order valence-corrected chi connectivity index (χ3v) is 5.86. The molecular weight excluding hydrogens is 370 g/mol. The Hall–Kier alpha value is -2.06. The molecule has 0 aromatic carbocycles. The van der Waals surface area contributed by atoms with Crippen molar-refractivity contribution in [2.24, 2.45) is 4.99 Å². The molecule has 2 atom stereocenters. The Morgan fingerprint density at radius 2 is 1.93 bits per heavy atom. The Bertz CT molecular complexity index is 674. The molecule has 3 heterocycles. The summed E-state index contributed by atoms with van der Waals surface area (Å²) in [6.45, 7) is 11.8. The van der Waals surface area contributed by atoms with Crippen LogP contribution in [-0.4, -0.2) is 90.1 Å². The van der Waals surface area contributed by atoms with E-state index in [1.54, 1.807) is 25.3 Å². The highest BCUT2D eigenvalue weighted by atomic mass is 16.4. The maximum Gasteiger partial charge on any atom is 0.239 e. The first kappa shape index (κ1) is 21.6. The summed E-state index contributed by atoms with van der Waals surface area (Å²) in [5, 5.41) is 14.0. The van der Waals surface area contributed by atoms with Crippen LogP contribution in [0.5, 0.6) is 0 Å². The summed E-state index contributed by atoms with van der Waals surface area (Å²) in [4.78, 5) is 23.8. The minimum absolute atomic E-state index is 0.0746. The van der Waals surface area contributed by atoms with Crippen LogP contribution in [0.25, 0.3) is 0 Å². The van der Waals surface area contributed by atoms with Gasteiger partial charge in [-0.05, 0) is 45.7 Å². The van der Waals surface area contributed by atoms with Crippen LogP contribution in [0.3, 0.4) is 0 Å². The highest BCUT2D eigenvalue weighted by Crippen LogP contribution is 2.21. The van der Waals surface area contributed by atoms with Gasteiger partial charge in [-0.15, -0.1) is 0 Å². The SMILES string of the molecule is CCNC(=NCC(C)(O)c1ccco1)N1CCN(C(C)C(=O)N2CCCC2)CC1. The molecule has 0 spiro atoms. The molecule has 2 N–H and O–H groups in total. The second kappa shape index (κ2) is 9.63. The van der Waals surface area contributed by atoms with E-state index < -0.39 is 5.60 Å². The van der Waals surface area contributed by atoms with Gasteiger partial charge in [-0.25, -0.2) is 4.99 Å². The van der Waals surface area contributed by atoms with Gasteiger partial charge in [0.15, 0.2) is 5.96 Å². The van der Waals surface area contributed by atoms with E-state index in [0.717, 1.165) is 64.6 Å². The fourth-order valence-corrected chi connectivity index (χ4v) is 4.00. The van der Waals surface area contributed by atoms with E-state index in [0.29, 0.717) is 5.76 Å². The van der Waals surface area contributed by atoms with E-state index in [4.69, 9.17) is 4.42 Å². The van der Waals surface area contributed by atoms with Crippen LogP contribution >= 0.6 is 0 Å². The molecule has 0 radical (unpaired) electrons. The third-order valence-electron chi connectivity index (χ3n) is 5.86. The molecule has 1 amide bonds. The Morgan fingerprint density at radius 1 is 1.24 bits per heavy atom. The highest BCUT2D eigenvalue weighted by Gasteiger charge is 2.31. The van der Waals surface area contributed by atoms with Crippen molar-refractivity contribution < 1.29 is 14.3 Å². The van der Waals surface area contributed by atoms with Crippen molar-refractivity contribution in [3.05, 3.63) is 24.2 Å². The summed E-state index contributed by atoms with van der Waals surface area (Å²) >= 11 is 0. The van der Waals surface area contributed by atoms with E-state index in [1.807, 2.05) is 18.7 Å². The number of amides is 1. The number of aliphatic hydroxyl groups is 1. The topological polar surface area (TPSA) is 84.5 Å². The predicted molar refractivity (Wildman–Crippen MR) is 113 cm³/mol. The second-order valence-corrected chi connectivity index (χ2v) is 8.15. The number of nitrogens with one attached hydrogen (secondary N) is 1. The summed E-state index contributed by atoms with van der Waals surface area (Å²) in [6.07, 6.45) is 3.80. The lowest BCUT2D eigenvalue weighted by Crippen LogP contribution is -2.57. The lowest BCUT2D eigenvalue weighted by Gasteiger charge is -2.39. The van der Waals surface area contributed by atoms with Crippen molar-refractivity contribution in [3.63, 3.8) is 0 Å². The van der Waals surface area contributed by atoms with Gasteiger partial charge in [0, 0.05) is 45.8 Å². The zero-order valence-electron chi connectivity index (χ0n) is 17.9. The Labute approximate surface area is 173 Å². The van der Waals surface area contributed by atoms with E-state index in [-0.39, 0.29) is 18.5 Å². The lowest BCUT2D eigenvalue weighted by atomic mass is 10.0. The molecule has 8 nitrogen and oxygen atoms in total. The van der Waals surface area contributed by atoms with Crippen LogP contribution in [-0.2, 0) is 10.4 Å². The van der Waals surface area contributed by atoms with Crippen LogP contribution < -0.4 is 5.32 Å². The van der Waals surface area contributed by atoms with Crippen molar-refractivity contribution in [2.45, 2.75) is 45.3 Å². The fourth-order valence-electron chi connectivity index (χ4n) is 4.00. The summed E-state index contributed by atoms with van der Waals surface area (Å²) in [7, 11) is 0. The van der Waals surface area contributed by atoms with Gasteiger partial charge < -0.3 is 24.6 Å². The van der Waals surface area contributed by atoms with Gasteiger partial charge in [0.1, 0.15) is 11.4 Å². The molecule has 0 bridgehead atoms. The number of rotatable bonds is 6. The number of aliphatic imine (C=N–C) groups is 1. The number of likely N-dealkylation sites (tertiary alicyclic amines) is 1. The number of nitrogens with zero attached hydrogens (tertiary/aromatic N) is 4. The van der Waals surface area contributed by atoms with Gasteiger partial charge >= 0.3 is 0 Å². The molecule has 8 heteroatoms. The number of piperazine rings is 1. The van der Waals surface area contributed by atoms with Crippen molar-refractivity contribution in [2.75, 3.05) is 52.4 Å². The first-order valence-corrected chi connectivity index (χ1v) is 10.7. The minimum atomic E-state index is -1.15. The van der Waals surface area contributed by atoms with Gasteiger partial charge in [0.2, 0.25) is 5.91 Å². The first-order valence-electron chi connectivity index (χ1n) is 10.7. The van der Waals surface area contributed by atoms with Crippen LogP contribution in [0.2, 0.25) is 0 Å². The molecular formula is C21H35N5O3. The minimum Gasteiger partial charge on any atom is -0.466 e. The zero-order chi connectivity index (χ0) is 20.9. The second-order valence-electron chi connectivity index (χ2n) is 8.15. The molecule has 29 heavy (non-hydrogen) atoms. The molecule has 1 aromatic heterocycles. The lowest BCUT2D eigenvalue weighted by molar-refractivity contribution is -0.135. The number of hydrogen-bond acceptors (Lipinski definition) is 5. The Morgan fingerprint density at radius 3 is 2.52 bits per heavy atom. The normalized spacial score (nSPS) is 21.9. The first-order chi connectivity index (χ1) is 13.9. The molecule has 3 rings (SSSR count). The fraction of sp³-hybridized carbons (Fsp3) is 0.714. The zero-order valence-corrected chi connectivity index (χ0v) is 17.9. The van der Waals surface area contributed by atoms with E-state index in [1.165, 1.54) is 0 Å².